The molecule has 1 aromatic heterocycles. The van der Waals surface area contributed by atoms with E-state index >= 15 is 0 Å². The van der Waals surface area contributed by atoms with Crippen molar-refractivity contribution in [2.24, 2.45) is 0 Å². The summed E-state index contributed by atoms with van der Waals surface area (Å²) in [6, 6.07) is 0. The van der Waals surface area contributed by atoms with Gasteiger partial charge in [0.05, 0.1) is 12.3 Å². The van der Waals surface area contributed by atoms with Gasteiger partial charge in [-0.3, -0.25) is 0 Å². The van der Waals surface area contributed by atoms with Gasteiger partial charge in [-0.05, 0) is 0 Å². The van der Waals surface area contributed by atoms with Crippen LogP contribution in [0.2, 0.25) is 0 Å². The topological polar surface area (TPSA) is 78.5 Å². The molecule has 0 aliphatic rings. The van der Waals surface area contributed by atoms with Gasteiger partial charge in [0.2, 0.25) is 0 Å². The van der Waals surface area contributed by atoms with Crippen LogP contribution in [-0.2, 0) is 19.9 Å². The molecule has 0 saturated carbocycles. The van der Waals surface area contributed by atoms with E-state index < -0.39 is 0 Å². The average Bonchev–Trinajstić information content (AvgIpc) is 2.46. The highest BCUT2D eigenvalue weighted by Gasteiger charge is 2.03. The molecule has 1 aromatic rings. The molecule has 0 saturated heterocycles. The molecule has 0 aliphatic carbocycles. The van der Waals surface area contributed by atoms with Gasteiger partial charge in [-0.25, -0.2) is 4.98 Å². The third-order valence-electron chi connectivity index (χ3n) is 1.36. The molecule has 0 spiro atoms. The molecular weight excluding hydrogens is 148 g/mol. The van der Waals surface area contributed by atoms with E-state index in [2.05, 4.69) is 4.98 Å². The summed E-state index contributed by atoms with van der Waals surface area (Å²) in [4.78, 5) is 3.82. The van der Waals surface area contributed by atoms with Crippen LogP contribution < -0.4 is 0 Å². The van der Waals surface area contributed by atoms with Crippen molar-refractivity contribution in [3.05, 3.63) is 17.7 Å². The fourth-order valence-electron chi connectivity index (χ4n) is 0.838. The van der Waals surface area contributed by atoms with Crippen LogP contribution in [0, 0.1) is 0 Å². The molecule has 1 heterocycles. The summed E-state index contributed by atoms with van der Waals surface area (Å²) < 4.78 is 1.37. The van der Waals surface area contributed by atoms with Crippen LogP contribution in [0.25, 0.3) is 0 Å². The molecule has 0 radical (unpaired) electrons. The Morgan fingerprint density at radius 2 is 2.00 bits per heavy atom. The zero-order chi connectivity index (χ0) is 8.27. The van der Waals surface area contributed by atoms with Gasteiger partial charge in [0.25, 0.3) is 0 Å². The zero-order valence-corrected chi connectivity index (χ0v) is 5.93. The van der Waals surface area contributed by atoms with Crippen molar-refractivity contribution in [2.75, 3.05) is 0 Å². The minimum absolute atomic E-state index is 0.181. The molecule has 5 nitrogen and oxygen atoms in total. The normalized spacial score (nSPS) is 10.5. The predicted molar refractivity (Wildman–Crippen MR) is 36.3 cm³/mol. The summed E-state index contributed by atoms with van der Waals surface area (Å²) in [5, 5.41) is 26.0. The van der Waals surface area contributed by atoms with E-state index in [0.29, 0.717) is 11.5 Å². The van der Waals surface area contributed by atoms with Gasteiger partial charge in [-0.1, -0.05) is 0 Å². The number of hydrogen-bond donors (Lipinski definition) is 3. The Balaban J connectivity index is 2.92. The van der Waals surface area contributed by atoms with E-state index in [9.17, 15) is 0 Å². The quantitative estimate of drug-likeness (QED) is 0.517. The number of nitrogens with zero attached hydrogens (tertiary/aromatic N) is 2. The second-order valence-corrected chi connectivity index (χ2v) is 2.08. The molecule has 0 aliphatic heterocycles. The van der Waals surface area contributed by atoms with Crippen LogP contribution in [-0.4, -0.2) is 24.9 Å². The predicted octanol–water partition coefficient (Wildman–Crippen LogP) is -1.18. The minimum atomic E-state index is -0.236. The average molecular weight is 158 g/mol. The van der Waals surface area contributed by atoms with Crippen molar-refractivity contribution < 1.29 is 15.3 Å². The first-order valence-electron chi connectivity index (χ1n) is 3.19. The van der Waals surface area contributed by atoms with Crippen LogP contribution in [0.4, 0.5) is 0 Å². The van der Waals surface area contributed by atoms with Gasteiger partial charge in [0, 0.05) is 6.20 Å². The SMILES string of the molecule is OCc1cn(CO)c(CO)n1. The van der Waals surface area contributed by atoms with Crippen LogP contribution in [0.1, 0.15) is 11.5 Å². The summed E-state index contributed by atoms with van der Waals surface area (Å²) >= 11 is 0. The molecule has 0 atom stereocenters. The highest BCUT2D eigenvalue weighted by Crippen LogP contribution is 2.02. The third kappa shape index (κ3) is 1.56. The van der Waals surface area contributed by atoms with Gasteiger partial charge in [-0.2, -0.15) is 0 Å². The molecule has 0 bridgehead atoms. The molecule has 0 unspecified atom stereocenters. The number of aromatic nitrogens is 2. The maximum Gasteiger partial charge on any atom is 0.136 e. The summed E-state index contributed by atoms with van der Waals surface area (Å²) in [5.41, 5.74) is 0.447. The lowest BCUT2D eigenvalue weighted by atomic mass is 10.5. The van der Waals surface area contributed by atoms with Crippen molar-refractivity contribution in [3.63, 3.8) is 0 Å². The lowest BCUT2D eigenvalue weighted by Crippen LogP contribution is -2.01. The number of aliphatic hydroxyl groups excluding tert-OH is 3. The standard InChI is InChI=1S/C6H10N2O3/c9-2-5-1-8(4-11)6(3-10)7-5/h1,9-11H,2-4H2. The molecule has 1 rings (SSSR count). The van der Waals surface area contributed by atoms with E-state index in [0.717, 1.165) is 0 Å². The first kappa shape index (κ1) is 8.19. The van der Waals surface area contributed by atoms with E-state index in [1.165, 1.54) is 10.8 Å². The second kappa shape index (κ2) is 3.47. The Labute approximate surface area is 63.5 Å². The lowest BCUT2D eigenvalue weighted by molar-refractivity contribution is 0.190. The van der Waals surface area contributed by atoms with Crippen molar-refractivity contribution in [2.45, 2.75) is 19.9 Å². The molecule has 5 heteroatoms. The van der Waals surface area contributed by atoms with Crippen LogP contribution in [0.5, 0.6) is 0 Å². The molecular formula is C6H10N2O3. The maximum atomic E-state index is 8.69. The lowest BCUT2D eigenvalue weighted by Gasteiger charge is -1.97. The molecule has 3 N–H and O–H groups in total. The van der Waals surface area contributed by atoms with Crippen molar-refractivity contribution in [1.29, 1.82) is 0 Å². The Kier molecular flexibility index (Phi) is 2.58. The Hall–Kier alpha value is -0.910. The van der Waals surface area contributed by atoms with Gasteiger partial charge >= 0.3 is 0 Å². The Morgan fingerprint density at radius 3 is 2.36 bits per heavy atom. The van der Waals surface area contributed by atoms with Crippen molar-refractivity contribution >= 4 is 0 Å². The van der Waals surface area contributed by atoms with Gasteiger partial charge in [0.1, 0.15) is 19.2 Å². The fourth-order valence-corrected chi connectivity index (χ4v) is 0.838. The maximum absolute atomic E-state index is 8.69. The molecule has 0 fully saturated rings. The second-order valence-electron chi connectivity index (χ2n) is 2.08. The number of imidazole rings is 1. The van der Waals surface area contributed by atoms with Crippen molar-refractivity contribution in [3.8, 4) is 0 Å². The van der Waals surface area contributed by atoms with Crippen molar-refractivity contribution in [1.82, 2.24) is 9.55 Å². The Bertz CT molecular complexity index is 212. The van der Waals surface area contributed by atoms with Crippen LogP contribution in [0.15, 0.2) is 6.20 Å². The summed E-state index contributed by atoms with van der Waals surface area (Å²) in [6.07, 6.45) is 1.49. The first-order valence-corrected chi connectivity index (χ1v) is 3.19. The molecule has 62 valence electrons. The summed E-state index contributed by atoms with van der Waals surface area (Å²) in [6.45, 7) is -0.649. The van der Waals surface area contributed by atoms with Gasteiger partial charge in [0.15, 0.2) is 0 Å². The Morgan fingerprint density at radius 1 is 1.27 bits per heavy atom. The molecule has 11 heavy (non-hydrogen) atoms. The highest BCUT2D eigenvalue weighted by molar-refractivity contribution is 5.01. The summed E-state index contributed by atoms with van der Waals surface area (Å²) in [5.74, 6) is 0.358. The fraction of sp³-hybridized carbons (Fsp3) is 0.500. The molecule has 0 amide bonds. The smallest absolute Gasteiger partial charge is 0.136 e. The number of aliphatic hydroxyl groups is 3. The van der Waals surface area contributed by atoms with E-state index in [1.54, 1.807) is 0 Å². The zero-order valence-electron chi connectivity index (χ0n) is 5.93. The number of rotatable bonds is 3. The monoisotopic (exact) mass is 158 g/mol. The minimum Gasteiger partial charge on any atom is -0.390 e. The summed E-state index contributed by atoms with van der Waals surface area (Å²) in [7, 11) is 0. The van der Waals surface area contributed by atoms with E-state index in [-0.39, 0.29) is 19.9 Å². The third-order valence-corrected chi connectivity index (χ3v) is 1.36. The first-order chi connectivity index (χ1) is 5.31. The van der Waals surface area contributed by atoms with Gasteiger partial charge < -0.3 is 19.9 Å². The highest BCUT2D eigenvalue weighted by atomic mass is 16.3. The van der Waals surface area contributed by atoms with Crippen LogP contribution in [0.3, 0.4) is 0 Å². The van der Waals surface area contributed by atoms with Crippen LogP contribution >= 0.6 is 0 Å². The number of hydrogen-bond acceptors (Lipinski definition) is 4. The molecule has 0 aromatic carbocycles. The van der Waals surface area contributed by atoms with Gasteiger partial charge in [-0.15, -0.1) is 0 Å². The van der Waals surface area contributed by atoms with E-state index in [1.807, 2.05) is 0 Å². The van der Waals surface area contributed by atoms with E-state index in [4.69, 9.17) is 15.3 Å². The largest absolute Gasteiger partial charge is 0.390 e.